The monoisotopic (exact) mass is 617 g/mol. The first-order chi connectivity index (χ1) is 20.5. The zero-order valence-electron chi connectivity index (χ0n) is 26.1. The van der Waals surface area contributed by atoms with E-state index >= 15 is 0 Å². The first-order valence-electron chi connectivity index (χ1n) is 16.7. The van der Waals surface area contributed by atoms with Crippen LogP contribution < -0.4 is 9.62 Å². The van der Waals surface area contributed by atoms with Gasteiger partial charge in [0.25, 0.3) is 10.0 Å². The second kappa shape index (κ2) is 11.8. The molecule has 4 aliphatic carbocycles. The van der Waals surface area contributed by atoms with Crippen molar-refractivity contribution in [1.82, 2.24) is 9.71 Å². The molecule has 5 aliphatic rings. The summed E-state index contributed by atoms with van der Waals surface area (Å²) in [6, 6.07) is 3.16. The topological polar surface area (TPSA) is 129 Å². The fourth-order valence-electron chi connectivity index (χ4n) is 10.7. The van der Waals surface area contributed by atoms with Crippen LogP contribution in [0.15, 0.2) is 23.2 Å². The van der Waals surface area contributed by atoms with Crippen LogP contribution in [0.25, 0.3) is 0 Å². The number of ether oxygens (including phenoxy) is 1. The van der Waals surface area contributed by atoms with Gasteiger partial charge >= 0.3 is 6.09 Å². The van der Waals surface area contributed by atoms with Crippen molar-refractivity contribution in [2.45, 2.75) is 109 Å². The Kier molecular flexibility index (Phi) is 8.52. The van der Waals surface area contributed by atoms with Crippen LogP contribution in [0.1, 0.15) is 91.4 Å². The van der Waals surface area contributed by atoms with Gasteiger partial charge < -0.3 is 19.8 Å². The molecule has 1 saturated heterocycles. The summed E-state index contributed by atoms with van der Waals surface area (Å²) in [5, 5.41) is 22.4. The van der Waals surface area contributed by atoms with E-state index < -0.39 is 16.1 Å². The number of aliphatic hydroxyl groups is 2. The van der Waals surface area contributed by atoms with Crippen molar-refractivity contribution >= 4 is 21.9 Å². The van der Waals surface area contributed by atoms with Gasteiger partial charge in [-0.05, 0) is 123 Å². The number of rotatable bonds is 7. The highest BCUT2D eigenvalue weighted by atomic mass is 32.2. The van der Waals surface area contributed by atoms with Crippen LogP contribution in [0, 0.1) is 46.3 Å². The normalized spacial score (nSPS) is 40.8. The van der Waals surface area contributed by atoms with Gasteiger partial charge in [0, 0.05) is 19.3 Å². The van der Waals surface area contributed by atoms with Crippen molar-refractivity contribution < 1.29 is 28.2 Å². The number of fused-ring (bicyclic) bond motifs is 5. The molecular weight excluding hydrogens is 566 g/mol. The Morgan fingerprint density at radius 2 is 1.77 bits per heavy atom. The predicted octanol–water partition coefficient (Wildman–Crippen LogP) is 5.11. The largest absolute Gasteiger partial charge is 0.449 e. The van der Waals surface area contributed by atoms with E-state index in [9.17, 15) is 23.4 Å². The number of aromatic nitrogens is 1. The highest BCUT2D eigenvalue weighted by molar-refractivity contribution is 7.90. The molecule has 1 aliphatic heterocycles. The highest BCUT2D eigenvalue weighted by Crippen LogP contribution is 2.69. The molecule has 0 radical (unpaired) electrons. The molecular formula is C33H51N3O6S. The standard InChI is InChI=1S/C33H51N3O6S/c1-4-24-27-19-22(37)11-14-33(27,3)26-12-15-32(2)21(7-9-25(32)29(26)30(24)38)13-18-42-31(39)35-43(40,41)23-8-10-28(34-20-23)36-16-5-6-17-36/h8,10,20-22,24-27,29-30,37-38H,4-7,9,11-19H2,1-3H3,(H,35,39)/t21-,22-,24-,25+,26+,27+,29+,30-,32-,33-/m1/s1. The number of nitrogens with zero attached hydrogens (tertiary/aromatic N) is 2. The molecule has 6 rings (SSSR count). The summed E-state index contributed by atoms with van der Waals surface area (Å²) in [6.45, 7) is 9.00. The minimum absolute atomic E-state index is 0.0601. The highest BCUT2D eigenvalue weighted by Gasteiger charge is 2.64. The molecule has 0 bridgehead atoms. The Morgan fingerprint density at radius 1 is 1.05 bits per heavy atom. The SMILES string of the molecule is CC[C@H]1[C@@H](O)[C@@H]2[C@H](CC[C@]3(C)[C@@H](CCOC(=O)NS(=O)(=O)c4ccc(N5CCCC5)nc4)CC[C@@H]23)[C@@]2(C)CC[C@@H](O)C[C@@H]12. The molecule has 1 aromatic heterocycles. The molecule has 3 N–H and O–H groups in total. The summed E-state index contributed by atoms with van der Waals surface area (Å²) < 4.78 is 33.0. The lowest BCUT2D eigenvalue weighted by atomic mass is 9.41. The van der Waals surface area contributed by atoms with Gasteiger partial charge in [-0.2, -0.15) is 0 Å². The van der Waals surface area contributed by atoms with Crippen molar-refractivity contribution in [2.75, 3.05) is 24.6 Å². The van der Waals surface area contributed by atoms with E-state index in [0.717, 1.165) is 83.1 Å². The molecule has 10 heteroatoms. The summed E-state index contributed by atoms with van der Waals surface area (Å²) in [5.41, 5.74) is 0.229. The van der Waals surface area contributed by atoms with Crippen LogP contribution in [0.4, 0.5) is 10.6 Å². The number of anilines is 1. The zero-order chi connectivity index (χ0) is 30.6. The molecule has 4 saturated carbocycles. The Morgan fingerprint density at radius 3 is 2.47 bits per heavy atom. The molecule has 1 aromatic rings. The van der Waals surface area contributed by atoms with Crippen molar-refractivity contribution in [3.05, 3.63) is 18.3 Å². The molecule has 10 atom stereocenters. The van der Waals surface area contributed by atoms with Gasteiger partial charge in [-0.3, -0.25) is 0 Å². The lowest BCUT2D eigenvalue weighted by Crippen LogP contribution is -2.62. The van der Waals surface area contributed by atoms with E-state index in [1.807, 2.05) is 4.72 Å². The maximum Gasteiger partial charge on any atom is 0.421 e. The minimum Gasteiger partial charge on any atom is -0.449 e. The number of pyridine rings is 1. The summed E-state index contributed by atoms with van der Waals surface area (Å²) in [6.07, 6.45) is 10.6. The Labute approximate surface area is 257 Å². The third kappa shape index (κ3) is 5.47. The second-order valence-corrected chi connectivity index (χ2v) is 16.5. The molecule has 1 amide bonds. The molecule has 9 nitrogen and oxygen atoms in total. The summed E-state index contributed by atoms with van der Waals surface area (Å²) in [7, 11) is -4.08. The van der Waals surface area contributed by atoms with E-state index in [1.165, 1.54) is 12.3 Å². The van der Waals surface area contributed by atoms with Gasteiger partial charge in [0.15, 0.2) is 0 Å². The Hall–Kier alpha value is -1.91. The number of hydrogen-bond acceptors (Lipinski definition) is 8. The van der Waals surface area contributed by atoms with Gasteiger partial charge in [0.05, 0.1) is 18.8 Å². The Balaban J connectivity index is 1.06. The van der Waals surface area contributed by atoms with Crippen LogP contribution >= 0.6 is 0 Å². The fourth-order valence-corrected chi connectivity index (χ4v) is 11.5. The third-order valence-corrected chi connectivity index (χ3v) is 14.3. The number of sulfonamides is 1. The molecule has 240 valence electrons. The van der Waals surface area contributed by atoms with E-state index in [2.05, 4.69) is 30.7 Å². The molecule has 0 aromatic carbocycles. The van der Waals surface area contributed by atoms with Crippen molar-refractivity contribution in [3.63, 3.8) is 0 Å². The second-order valence-electron chi connectivity index (χ2n) is 14.8. The summed E-state index contributed by atoms with van der Waals surface area (Å²) in [5.74, 6) is 2.88. The van der Waals surface area contributed by atoms with Gasteiger partial charge in [0.1, 0.15) is 10.7 Å². The maximum absolute atomic E-state index is 12.8. The van der Waals surface area contributed by atoms with Crippen LogP contribution in [-0.2, 0) is 14.8 Å². The van der Waals surface area contributed by atoms with E-state index in [4.69, 9.17) is 4.74 Å². The average Bonchev–Trinajstić information content (AvgIpc) is 3.63. The van der Waals surface area contributed by atoms with E-state index in [1.54, 1.807) is 6.07 Å². The molecule has 43 heavy (non-hydrogen) atoms. The van der Waals surface area contributed by atoms with Crippen LogP contribution in [0.5, 0.6) is 0 Å². The smallest absolute Gasteiger partial charge is 0.421 e. The van der Waals surface area contributed by atoms with Crippen molar-refractivity contribution in [3.8, 4) is 0 Å². The number of amides is 1. The molecule has 0 unspecified atom stereocenters. The fraction of sp³-hybridized carbons (Fsp3) is 0.818. The van der Waals surface area contributed by atoms with Gasteiger partial charge in [0.2, 0.25) is 0 Å². The lowest BCUT2D eigenvalue weighted by molar-refractivity contribution is -0.202. The molecule has 0 spiro atoms. The van der Waals surface area contributed by atoms with E-state index in [0.29, 0.717) is 30.1 Å². The van der Waals surface area contributed by atoms with E-state index in [-0.39, 0.29) is 46.4 Å². The van der Waals surface area contributed by atoms with Crippen LogP contribution in [0.2, 0.25) is 0 Å². The number of aliphatic hydroxyl groups excluding tert-OH is 2. The van der Waals surface area contributed by atoms with Gasteiger partial charge in [-0.1, -0.05) is 27.2 Å². The average molecular weight is 618 g/mol. The third-order valence-electron chi connectivity index (χ3n) is 13.0. The first-order valence-corrected chi connectivity index (χ1v) is 18.2. The maximum atomic E-state index is 12.8. The predicted molar refractivity (Wildman–Crippen MR) is 164 cm³/mol. The zero-order valence-corrected chi connectivity index (χ0v) is 26.9. The van der Waals surface area contributed by atoms with Crippen molar-refractivity contribution in [2.24, 2.45) is 46.3 Å². The molecule has 5 fully saturated rings. The van der Waals surface area contributed by atoms with Crippen LogP contribution in [-0.4, -0.2) is 61.6 Å². The van der Waals surface area contributed by atoms with Crippen molar-refractivity contribution in [1.29, 1.82) is 0 Å². The molecule has 2 heterocycles. The van der Waals surface area contributed by atoms with Gasteiger partial charge in [-0.25, -0.2) is 22.9 Å². The van der Waals surface area contributed by atoms with Gasteiger partial charge in [-0.15, -0.1) is 0 Å². The Bertz CT molecular complexity index is 1270. The number of carbonyl (C=O) groups is 1. The number of hydrogen-bond donors (Lipinski definition) is 3. The van der Waals surface area contributed by atoms with Crippen LogP contribution in [0.3, 0.4) is 0 Å². The summed E-state index contributed by atoms with van der Waals surface area (Å²) in [4.78, 5) is 18.9. The quantitative estimate of drug-likeness (QED) is 0.385. The number of nitrogens with one attached hydrogen (secondary N) is 1. The number of carbonyl (C=O) groups excluding carboxylic acids is 1. The first kappa shape index (κ1) is 31.1. The summed E-state index contributed by atoms with van der Waals surface area (Å²) >= 11 is 0. The minimum atomic E-state index is -4.08. The lowest BCUT2D eigenvalue weighted by Gasteiger charge is -2.64.